The maximum Gasteiger partial charge on any atom is 0.223 e. The molecule has 1 aliphatic heterocycles. The van der Waals surface area contributed by atoms with Crippen LogP contribution >= 0.6 is 0 Å². The Kier molecular flexibility index (Phi) is 4.16. The Labute approximate surface area is 162 Å². The van der Waals surface area contributed by atoms with E-state index in [0.29, 0.717) is 19.4 Å². The van der Waals surface area contributed by atoms with Gasteiger partial charge in [0.05, 0.1) is 17.2 Å². The third-order valence-electron chi connectivity index (χ3n) is 5.36. The van der Waals surface area contributed by atoms with Gasteiger partial charge in [0.1, 0.15) is 5.82 Å². The van der Waals surface area contributed by atoms with Gasteiger partial charge in [-0.15, -0.1) is 0 Å². The second kappa shape index (κ2) is 6.96. The molecule has 0 bridgehead atoms. The Hall–Kier alpha value is -3.41. The highest BCUT2D eigenvalue weighted by atomic mass is 16.2. The van der Waals surface area contributed by atoms with Crippen molar-refractivity contribution in [1.82, 2.24) is 24.6 Å². The van der Waals surface area contributed by atoms with Crippen molar-refractivity contribution in [1.29, 1.82) is 0 Å². The standard InChI is InChI=1S/C22H21N5O/c28-22(26-13-12-18-16(15-26)14-23-25-18)11-10-21-24-19-8-4-5-9-20(19)27(21)17-6-2-1-3-7-17/h1-9,14H,10-13,15H2,(H,23,25). The van der Waals surface area contributed by atoms with Crippen LogP contribution in [0.3, 0.4) is 0 Å². The highest BCUT2D eigenvalue weighted by Gasteiger charge is 2.22. The minimum absolute atomic E-state index is 0.165. The van der Waals surface area contributed by atoms with Gasteiger partial charge in [-0.2, -0.15) is 5.10 Å². The fourth-order valence-corrected chi connectivity index (χ4v) is 3.92. The van der Waals surface area contributed by atoms with Crippen LogP contribution in [0.2, 0.25) is 0 Å². The zero-order chi connectivity index (χ0) is 18.9. The number of aromatic amines is 1. The number of nitrogens with one attached hydrogen (secondary N) is 1. The number of H-pyrrole nitrogens is 1. The van der Waals surface area contributed by atoms with Gasteiger partial charge in [0.15, 0.2) is 0 Å². The van der Waals surface area contributed by atoms with Crippen LogP contribution in [-0.2, 0) is 24.2 Å². The lowest BCUT2D eigenvalue weighted by Crippen LogP contribution is -2.35. The van der Waals surface area contributed by atoms with E-state index < -0.39 is 0 Å². The number of amides is 1. The van der Waals surface area contributed by atoms with Crippen molar-refractivity contribution in [2.45, 2.75) is 25.8 Å². The number of aryl methyl sites for hydroxylation is 1. The number of imidazole rings is 1. The van der Waals surface area contributed by atoms with Gasteiger partial charge < -0.3 is 4.90 Å². The number of carbonyl (C=O) groups excluding carboxylic acids is 1. The quantitative estimate of drug-likeness (QED) is 0.599. The van der Waals surface area contributed by atoms with Gasteiger partial charge in [0.25, 0.3) is 0 Å². The summed E-state index contributed by atoms with van der Waals surface area (Å²) in [4.78, 5) is 19.6. The number of hydrogen-bond donors (Lipinski definition) is 1. The van der Waals surface area contributed by atoms with Crippen molar-refractivity contribution >= 4 is 16.9 Å². The van der Waals surface area contributed by atoms with E-state index in [1.807, 2.05) is 47.5 Å². The average molecular weight is 371 g/mol. The maximum atomic E-state index is 12.8. The molecule has 0 saturated heterocycles. The largest absolute Gasteiger partial charge is 0.338 e. The van der Waals surface area contributed by atoms with Gasteiger partial charge in [-0.3, -0.25) is 14.5 Å². The topological polar surface area (TPSA) is 66.8 Å². The number of benzene rings is 2. The van der Waals surface area contributed by atoms with Gasteiger partial charge in [0, 0.05) is 49.3 Å². The molecule has 1 aliphatic rings. The van der Waals surface area contributed by atoms with Crippen molar-refractivity contribution in [3.8, 4) is 5.69 Å². The monoisotopic (exact) mass is 371 g/mol. The Morgan fingerprint density at radius 2 is 1.89 bits per heavy atom. The third-order valence-corrected chi connectivity index (χ3v) is 5.36. The Bertz CT molecular complexity index is 1130. The van der Waals surface area contributed by atoms with Gasteiger partial charge in [-0.05, 0) is 24.3 Å². The molecule has 28 heavy (non-hydrogen) atoms. The first-order valence-corrected chi connectivity index (χ1v) is 9.60. The molecule has 1 amide bonds. The summed E-state index contributed by atoms with van der Waals surface area (Å²) in [6.45, 7) is 1.38. The van der Waals surface area contributed by atoms with E-state index in [4.69, 9.17) is 4.98 Å². The zero-order valence-electron chi connectivity index (χ0n) is 15.5. The Morgan fingerprint density at radius 1 is 1.07 bits per heavy atom. The molecule has 2 aromatic heterocycles. The lowest BCUT2D eigenvalue weighted by Gasteiger charge is -2.26. The summed E-state index contributed by atoms with van der Waals surface area (Å²) in [6, 6.07) is 18.3. The van der Waals surface area contributed by atoms with Gasteiger partial charge in [-0.25, -0.2) is 4.98 Å². The smallest absolute Gasteiger partial charge is 0.223 e. The van der Waals surface area contributed by atoms with Crippen molar-refractivity contribution in [3.05, 3.63) is 77.9 Å². The zero-order valence-corrected chi connectivity index (χ0v) is 15.5. The van der Waals surface area contributed by atoms with E-state index in [9.17, 15) is 4.79 Å². The van der Waals surface area contributed by atoms with Crippen molar-refractivity contribution in [2.75, 3.05) is 6.54 Å². The van der Waals surface area contributed by atoms with Gasteiger partial charge in [-0.1, -0.05) is 30.3 Å². The first-order valence-electron chi connectivity index (χ1n) is 9.60. The van der Waals surface area contributed by atoms with E-state index in [1.54, 1.807) is 0 Å². The molecule has 0 aliphatic carbocycles. The molecule has 6 nitrogen and oxygen atoms in total. The van der Waals surface area contributed by atoms with Gasteiger partial charge >= 0.3 is 0 Å². The van der Waals surface area contributed by atoms with Crippen LogP contribution in [0.25, 0.3) is 16.7 Å². The van der Waals surface area contributed by atoms with E-state index in [1.165, 1.54) is 0 Å². The van der Waals surface area contributed by atoms with Crippen LogP contribution in [0.4, 0.5) is 0 Å². The SMILES string of the molecule is O=C(CCc1nc2ccccc2n1-c1ccccc1)N1CCc2[nH]ncc2C1. The molecule has 0 saturated carbocycles. The lowest BCUT2D eigenvalue weighted by molar-refractivity contribution is -0.132. The predicted octanol–water partition coefficient (Wildman–Crippen LogP) is 3.27. The van der Waals surface area contributed by atoms with Crippen LogP contribution in [-0.4, -0.2) is 37.1 Å². The summed E-state index contributed by atoms with van der Waals surface area (Å²) in [5.41, 5.74) is 5.36. The molecule has 0 atom stereocenters. The summed E-state index contributed by atoms with van der Waals surface area (Å²) >= 11 is 0. The van der Waals surface area contributed by atoms with Crippen LogP contribution < -0.4 is 0 Å². The normalized spacial score (nSPS) is 13.6. The third kappa shape index (κ3) is 2.97. The van der Waals surface area contributed by atoms with Crippen LogP contribution in [0.5, 0.6) is 0 Å². The number of aromatic nitrogens is 4. The second-order valence-corrected chi connectivity index (χ2v) is 7.13. The van der Waals surface area contributed by atoms with E-state index in [2.05, 4.69) is 33.0 Å². The van der Waals surface area contributed by atoms with Crippen molar-refractivity contribution in [3.63, 3.8) is 0 Å². The summed E-state index contributed by atoms with van der Waals surface area (Å²) in [5, 5.41) is 7.10. The van der Waals surface area contributed by atoms with Crippen LogP contribution in [0.1, 0.15) is 23.5 Å². The molecule has 1 N–H and O–H groups in total. The number of rotatable bonds is 4. The Morgan fingerprint density at radius 3 is 2.79 bits per heavy atom. The fraction of sp³-hybridized carbons (Fsp3) is 0.227. The fourth-order valence-electron chi connectivity index (χ4n) is 3.92. The number of fused-ring (bicyclic) bond motifs is 2. The maximum absolute atomic E-state index is 12.8. The number of nitrogens with zero attached hydrogens (tertiary/aromatic N) is 4. The molecule has 0 fully saturated rings. The van der Waals surface area contributed by atoms with Crippen LogP contribution in [0, 0.1) is 0 Å². The molecule has 0 spiro atoms. The Balaban J connectivity index is 1.39. The minimum Gasteiger partial charge on any atom is -0.338 e. The molecule has 0 radical (unpaired) electrons. The summed E-state index contributed by atoms with van der Waals surface area (Å²) in [7, 11) is 0. The molecular weight excluding hydrogens is 350 g/mol. The number of carbonyl (C=O) groups is 1. The first-order chi connectivity index (χ1) is 13.8. The molecule has 3 heterocycles. The molecule has 4 aromatic rings. The lowest BCUT2D eigenvalue weighted by atomic mass is 10.1. The molecule has 5 rings (SSSR count). The van der Waals surface area contributed by atoms with Gasteiger partial charge in [0.2, 0.25) is 5.91 Å². The highest BCUT2D eigenvalue weighted by Crippen LogP contribution is 2.23. The predicted molar refractivity (Wildman–Crippen MR) is 107 cm³/mol. The van der Waals surface area contributed by atoms with Crippen molar-refractivity contribution < 1.29 is 4.79 Å². The number of hydrogen-bond acceptors (Lipinski definition) is 3. The van der Waals surface area contributed by atoms with E-state index >= 15 is 0 Å². The minimum atomic E-state index is 0.165. The molecule has 0 unspecified atom stereocenters. The van der Waals surface area contributed by atoms with E-state index in [0.717, 1.165) is 46.8 Å². The second-order valence-electron chi connectivity index (χ2n) is 7.13. The summed E-state index contributed by atoms with van der Waals surface area (Å²) in [6.07, 6.45) is 3.72. The highest BCUT2D eigenvalue weighted by molar-refractivity contribution is 5.79. The molecule has 6 heteroatoms. The summed E-state index contributed by atoms with van der Waals surface area (Å²) < 4.78 is 2.16. The average Bonchev–Trinajstić information content (AvgIpc) is 3.36. The van der Waals surface area contributed by atoms with E-state index in [-0.39, 0.29) is 5.91 Å². The molecule has 2 aromatic carbocycles. The number of para-hydroxylation sites is 3. The van der Waals surface area contributed by atoms with Crippen LogP contribution in [0.15, 0.2) is 60.8 Å². The van der Waals surface area contributed by atoms with Crippen molar-refractivity contribution in [2.24, 2.45) is 0 Å². The first kappa shape index (κ1) is 16.7. The summed E-state index contributed by atoms with van der Waals surface area (Å²) in [5.74, 6) is 1.08. The molecule has 140 valence electrons. The molecular formula is C22H21N5O.